The van der Waals surface area contributed by atoms with E-state index in [4.69, 9.17) is 9.15 Å². The topological polar surface area (TPSA) is 55.0 Å². The minimum atomic E-state index is 0.110. The molecule has 0 radical (unpaired) electrons. The summed E-state index contributed by atoms with van der Waals surface area (Å²) in [4.78, 5) is 4.35. The number of aromatic hydroxyl groups is 1. The van der Waals surface area contributed by atoms with Crippen LogP contribution in [0.5, 0.6) is 11.5 Å². The lowest BCUT2D eigenvalue weighted by Crippen LogP contribution is -1.80. The summed E-state index contributed by atoms with van der Waals surface area (Å²) in [6.07, 6.45) is 1.53. The maximum atomic E-state index is 10.5. The molecule has 1 N–H and O–H groups in total. The molecule has 24 heavy (non-hydrogen) atoms. The number of hydrogen-bond acceptors (Lipinski definition) is 4. The highest BCUT2D eigenvalue weighted by Crippen LogP contribution is 2.36. The minimum Gasteiger partial charge on any atom is -0.504 e. The quantitative estimate of drug-likeness (QED) is 0.538. The van der Waals surface area contributed by atoms with Crippen LogP contribution in [0.4, 0.5) is 5.69 Å². The third kappa shape index (κ3) is 2.38. The fraction of sp³-hybridized carbons (Fsp3) is 0.0500. The summed E-state index contributed by atoms with van der Waals surface area (Å²) in [6, 6.07) is 19.1. The fourth-order valence-electron chi connectivity index (χ4n) is 2.76. The summed E-state index contributed by atoms with van der Waals surface area (Å²) in [6.45, 7) is 0. The van der Waals surface area contributed by atoms with Crippen LogP contribution in [0.1, 0.15) is 5.76 Å². The van der Waals surface area contributed by atoms with E-state index < -0.39 is 0 Å². The molecule has 4 aromatic rings. The minimum absolute atomic E-state index is 0.110. The molecule has 0 aliphatic rings. The van der Waals surface area contributed by atoms with Gasteiger partial charge in [0.15, 0.2) is 11.5 Å². The SMILES string of the molecule is COc1ccc(N=Cc2oc3ccc4ccccc4c3c2O)cc1. The Balaban J connectivity index is 1.77. The molecule has 0 aliphatic carbocycles. The molecule has 0 spiro atoms. The summed E-state index contributed by atoms with van der Waals surface area (Å²) in [5, 5.41) is 13.3. The van der Waals surface area contributed by atoms with Crippen molar-refractivity contribution in [3.05, 3.63) is 66.4 Å². The molecule has 4 heteroatoms. The second kappa shape index (κ2) is 5.74. The summed E-state index contributed by atoms with van der Waals surface area (Å²) in [7, 11) is 1.62. The smallest absolute Gasteiger partial charge is 0.188 e. The van der Waals surface area contributed by atoms with Gasteiger partial charge in [0, 0.05) is 0 Å². The summed E-state index contributed by atoms with van der Waals surface area (Å²) >= 11 is 0. The summed E-state index contributed by atoms with van der Waals surface area (Å²) in [5.41, 5.74) is 1.39. The predicted molar refractivity (Wildman–Crippen MR) is 95.6 cm³/mol. The molecule has 1 heterocycles. The van der Waals surface area contributed by atoms with Gasteiger partial charge in [0.05, 0.1) is 24.4 Å². The normalized spacial score (nSPS) is 11.5. The highest BCUT2D eigenvalue weighted by atomic mass is 16.5. The molecule has 4 rings (SSSR count). The van der Waals surface area contributed by atoms with E-state index in [9.17, 15) is 5.11 Å². The molecule has 0 aliphatic heterocycles. The van der Waals surface area contributed by atoms with Gasteiger partial charge in [0.25, 0.3) is 0 Å². The number of ether oxygens (including phenoxy) is 1. The van der Waals surface area contributed by atoms with Gasteiger partial charge in [0.1, 0.15) is 11.3 Å². The Kier molecular flexibility index (Phi) is 3.43. The number of nitrogens with zero attached hydrogens (tertiary/aromatic N) is 1. The lowest BCUT2D eigenvalue weighted by atomic mass is 10.1. The molecule has 3 aromatic carbocycles. The van der Waals surface area contributed by atoms with Crippen molar-refractivity contribution in [2.24, 2.45) is 4.99 Å². The van der Waals surface area contributed by atoms with Crippen LogP contribution in [0.3, 0.4) is 0 Å². The Labute approximate surface area is 138 Å². The van der Waals surface area contributed by atoms with E-state index in [0.29, 0.717) is 16.7 Å². The zero-order valence-corrected chi connectivity index (χ0v) is 13.1. The van der Waals surface area contributed by atoms with Crippen molar-refractivity contribution in [2.45, 2.75) is 0 Å². The van der Waals surface area contributed by atoms with Crippen LogP contribution in [0.2, 0.25) is 0 Å². The maximum absolute atomic E-state index is 10.5. The van der Waals surface area contributed by atoms with Crippen LogP contribution >= 0.6 is 0 Å². The van der Waals surface area contributed by atoms with Crippen molar-refractivity contribution >= 4 is 33.6 Å². The van der Waals surface area contributed by atoms with Crippen molar-refractivity contribution in [3.63, 3.8) is 0 Å². The molecule has 118 valence electrons. The van der Waals surface area contributed by atoms with Crippen LogP contribution in [-0.4, -0.2) is 18.4 Å². The Morgan fingerprint density at radius 2 is 1.79 bits per heavy atom. The number of furan rings is 1. The molecular weight excluding hydrogens is 302 g/mol. The van der Waals surface area contributed by atoms with E-state index >= 15 is 0 Å². The first-order chi connectivity index (χ1) is 11.8. The summed E-state index contributed by atoms with van der Waals surface area (Å²) in [5.74, 6) is 1.23. The van der Waals surface area contributed by atoms with Crippen LogP contribution < -0.4 is 4.74 Å². The van der Waals surface area contributed by atoms with E-state index in [1.54, 1.807) is 7.11 Å². The number of methoxy groups -OCH3 is 1. The van der Waals surface area contributed by atoms with Gasteiger partial charge in [-0.05, 0) is 41.1 Å². The van der Waals surface area contributed by atoms with Gasteiger partial charge in [-0.25, -0.2) is 0 Å². The first-order valence-electron chi connectivity index (χ1n) is 7.57. The van der Waals surface area contributed by atoms with Crippen molar-refractivity contribution in [2.75, 3.05) is 7.11 Å². The van der Waals surface area contributed by atoms with Crippen LogP contribution in [-0.2, 0) is 0 Å². The monoisotopic (exact) mass is 317 g/mol. The van der Waals surface area contributed by atoms with E-state index in [2.05, 4.69) is 4.99 Å². The van der Waals surface area contributed by atoms with Crippen molar-refractivity contribution in [1.29, 1.82) is 0 Å². The molecule has 1 aromatic heterocycles. The molecule has 0 saturated carbocycles. The van der Waals surface area contributed by atoms with Crippen LogP contribution in [0, 0.1) is 0 Å². The third-order valence-electron chi connectivity index (χ3n) is 3.98. The van der Waals surface area contributed by atoms with E-state index in [1.807, 2.05) is 60.7 Å². The van der Waals surface area contributed by atoms with Gasteiger partial charge >= 0.3 is 0 Å². The Hall–Kier alpha value is -3.27. The largest absolute Gasteiger partial charge is 0.504 e. The highest BCUT2D eigenvalue weighted by Gasteiger charge is 2.14. The molecule has 0 unspecified atom stereocenters. The number of hydrogen-bond donors (Lipinski definition) is 1. The molecule has 0 amide bonds. The Morgan fingerprint density at radius 3 is 2.58 bits per heavy atom. The number of aliphatic imine (C=N–C) groups is 1. The van der Waals surface area contributed by atoms with Crippen LogP contribution in [0.25, 0.3) is 21.7 Å². The van der Waals surface area contributed by atoms with Crippen molar-refractivity contribution in [1.82, 2.24) is 0 Å². The van der Waals surface area contributed by atoms with Gasteiger partial charge in [-0.1, -0.05) is 30.3 Å². The van der Waals surface area contributed by atoms with E-state index in [-0.39, 0.29) is 5.75 Å². The lowest BCUT2D eigenvalue weighted by Gasteiger charge is -1.98. The second-order valence-electron chi connectivity index (χ2n) is 5.43. The predicted octanol–water partition coefficient (Wildman–Crippen LogP) is 5.05. The Bertz CT molecular complexity index is 1050. The molecule has 0 atom stereocenters. The zero-order chi connectivity index (χ0) is 16.5. The third-order valence-corrected chi connectivity index (χ3v) is 3.98. The molecular formula is C20H15NO3. The van der Waals surface area contributed by atoms with E-state index in [1.165, 1.54) is 6.21 Å². The van der Waals surface area contributed by atoms with Crippen LogP contribution in [0.15, 0.2) is 70.1 Å². The lowest BCUT2D eigenvalue weighted by molar-refractivity contribution is 0.415. The number of fused-ring (bicyclic) bond motifs is 3. The highest BCUT2D eigenvalue weighted by molar-refractivity contribution is 6.11. The Morgan fingerprint density at radius 1 is 1.00 bits per heavy atom. The van der Waals surface area contributed by atoms with E-state index in [0.717, 1.165) is 22.2 Å². The first-order valence-corrected chi connectivity index (χ1v) is 7.57. The maximum Gasteiger partial charge on any atom is 0.188 e. The average Bonchev–Trinajstić information content (AvgIpc) is 2.97. The molecule has 0 bridgehead atoms. The molecule has 0 fully saturated rings. The van der Waals surface area contributed by atoms with Gasteiger partial charge in [0.2, 0.25) is 0 Å². The molecule has 4 nitrogen and oxygen atoms in total. The first kappa shape index (κ1) is 14.3. The van der Waals surface area contributed by atoms with Gasteiger partial charge in [-0.2, -0.15) is 0 Å². The van der Waals surface area contributed by atoms with Crippen molar-refractivity contribution in [3.8, 4) is 11.5 Å². The average molecular weight is 317 g/mol. The number of benzene rings is 3. The number of rotatable bonds is 3. The summed E-state index contributed by atoms with van der Waals surface area (Å²) < 4.78 is 10.9. The van der Waals surface area contributed by atoms with Crippen molar-refractivity contribution < 1.29 is 14.3 Å². The van der Waals surface area contributed by atoms with Gasteiger partial charge in [-0.15, -0.1) is 0 Å². The van der Waals surface area contributed by atoms with Gasteiger partial charge in [-0.3, -0.25) is 4.99 Å². The second-order valence-corrected chi connectivity index (χ2v) is 5.43. The zero-order valence-electron chi connectivity index (χ0n) is 13.1. The standard InChI is InChI=1S/C20H15NO3/c1-23-15-9-7-14(8-10-15)21-12-18-20(22)19-16-5-3-2-4-13(16)6-11-17(19)24-18/h2-12,22H,1H3. The fourth-order valence-corrected chi connectivity index (χ4v) is 2.76. The molecule has 0 saturated heterocycles. The van der Waals surface area contributed by atoms with Gasteiger partial charge < -0.3 is 14.3 Å².